The van der Waals surface area contributed by atoms with Gasteiger partial charge >= 0.3 is 5.97 Å². The minimum atomic E-state index is -0.220. The van der Waals surface area contributed by atoms with Crippen molar-refractivity contribution in [2.45, 2.75) is 44.6 Å². The van der Waals surface area contributed by atoms with Gasteiger partial charge in [-0.3, -0.25) is 14.8 Å². The Hall–Kier alpha value is -3.27. The maximum Gasteiger partial charge on any atom is 0.307 e. The summed E-state index contributed by atoms with van der Waals surface area (Å²) in [7, 11) is 1.44. The molecule has 0 aliphatic carbocycles. The zero-order valence-electron chi connectivity index (χ0n) is 18.1. The third-order valence-corrected chi connectivity index (χ3v) is 5.23. The zero-order valence-corrected chi connectivity index (χ0v) is 18.1. The second-order valence-electron chi connectivity index (χ2n) is 7.56. The van der Waals surface area contributed by atoms with Crippen LogP contribution in [0.2, 0.25) is 0 Å². The average Bonchev–Trinajstić information content (AvgIpc) is 2.83. The van der Waals surface area contributed by atoms with Crippen LogP contribution in [-0.4, -0.2) is 29.8 Å². The van der Waals surface area contributed by atoms with Crippen LogP contribution in [-0.2, 0) is 16.0 Å². The molecule has 0 radical (unpaired) electrons. The number of esters is 1. The Morgan fingerprint density at radius 2 is 1.52 bits per heavy atom. The van der Waals surface area contributed by atoms with E-state index in [9.17, 15) is 4.79 Å². The van der Waals surface area contributed by atoms with E-state index in [2.05, 4.69) is 35.3 Å². The predicted octanol–water partition coefficient (Wildman–Crippen LogP) is 5.65. The molecule has 0 saturated heterocycles. The number of hydrogen-bond acceptors (Lipinski definition) is 4. The van der Waals surface area contributed by atoms with Gasteiger partial charge in [-0.1, -0.05) is 79.6 Å². The minimum absolute atomic E-state index is 0.113. The molecule has 0 N–H and O–H groups in total. The summed E-state index contributed by atoms with van der Waals surface area (Å²) >= 11 is 0. The number of aliphatic imine (C=N–C) groups is 1. The highest BCUT2D eigenvalue weighted by Gasteiger charge is 2.16. The molecule has 1 heterocycles. The number of benzene rings is 2. The van der Waals surface area contributed by atoms with Gasteiger partial charge in [0.1, 0.15) is 0 Å². The highest BCUT2D eigenvalue weighted by Crippen LogP contribution is 2.18. The van der Waals surface area contributed by atoms with Crippen LogP contribution in [0.3, 0.4) is 0 Å². The van der Waals surface area contributed by atoms with E-state index < -0.39 is 0 Å². The average molecular weight is 415 g/mol. The second kappa shape index (κ2) is 12.4. The molecule has 0 saturated carbocycles. The highest BCUT2D eigenvalue weighted by molar-refractivity contribution is 6.13. The first-order chi connectivity index (χ1) is 15.3. The molecule has 0 amide bonds. The van der Waals surface area contributed by atoms with Crippen LogP contribution < -0.4 is 0 Å². The van der Waals surface area contributed by atoms with E-state index in [1.54, 1.807) is 0 Å². The summed E-state index contributed by atoms with van der Waals surface area (Å²) in [4.78, 5) is 21.5. The molecular weight excluding hydrogens is 384 g/mol. The molecule has 0 bridgehead atoms. The van der Waals surface area contributed by atoms with E-state index in [4.69, 9.17) is 9.73 Å². The van der Waals surface area contributed by atoms with Crippen LogP contribution in [0.5, 0.6) is 0 Å². The number of nitrogens with zero attached hydrogens (tertiary/aromatic N) is 2. The molecule has 0 fully saturated rings. The Labute approximate surface area is 185 Å². The third kappa shape index (κ3) is 7.49. The quantitative estimate of drug-likeness (QED) is 0.231. The number of rotatable bonds is 11. The molecule has 1 unspecified atom stereocenters. The van der Waals surface area contributed by atoms with E-state index >= 15 is 0 Å². The van der Waals surface area contributed by atoms with Crippen LogP contribution >= 0.6 is 0 Å². The first-order valence-electron chi connectivity index (χ1n) is 10.9. The van der Waals surface area contributed by atoms with Gasteiger partial charge in [0.15, 0.2) is 0 Å². The van der Waals surface area contributed by atoms with Crippen LogP contribution in [0, 0.1) is 0 Å². The predicted molar refractivity (Wildman–Crippen MR) is 125 cm³/mol. The Kier molecular flexibility index (Phi) is 8.99. The van der Waals surface area contributed by atoms with Crippen molar-refractivity contribution in [1.29, 1.82) is 0 Å². The lowest BCUT2D eigenvalue weighted by atomic mass is 10.00. The van der Waals surface area contributed by atoms with Crippen molar-refractivity contribution in [2.24, 2.45) is 4.99 Å². The Bertz CT molecular complexity index is 899. The topological polar surface area (TPSA) is 51.5 Å². The van der Waals surface area contributed by atoms with E-state index in [-0.39, 0.29) is 12.0 Å². The van der Waals surface area contributed by atoms with Gasteiger partial charge in [-0.2, -0.15) is 0 Å². The summed E-state index contributed by atoms with van der Waals surface area (Å²) in [6, 6.07) is 26.2. The second-order valence-corrected chi connectivity index (χ2v) is 7.56. The molecule has 0 aliphatic heterocycles. The molecule has 4 heteroatoms. The van der Waals surface area contributed by atoms with Crippen molar-refractivity contribution in [1.82, 2.24) is 4.98 Å². The number of aromatic nitrogens is 1. The number of ether oxygens (including phenoxy) is 1. The lowest BCUT2D eigenvalue weighted by Gasteiger charge is -2.15. The van der Waals surface area contributed by atoms with Crippen molar-refractivity contribution in [3.8, 4) is 0 Å². The standard InChI is InChI=1S/C27H30N2O2/c1-31-26(30)21-25(19-10-4-9-17-24-18-11-12-20-28-24)29-27(22-13-5-2-6-14-22)23-15-7-3-8-16-23/h2-3,5-8,11-16,18,20,25H,4,9-10,17,19,21H2,1H3. The molecule has 3 aromatic rings. The molecule has 0 spiro atoms. The monoisotopic (exact) mass is 414 g/mol. The van der Waals surface area contributed by atoms with E-state index in [0.717, 1.165) is 54.6 Å². The smallest absolute Gasteiger partial charge is 0.307 e. The maximum absolute atomic E-state index is 12.1. The summed E-state index contributed by atoms with van der Waals surface area (Å²) in [5.74, 6) is -0.220. The van der Waals surface area contributed by atoms with Crippen molar-refractivity contribution >= 4 is 11.7 Å². The van der Waals surface area contributed by atoms with Crippen LogP contribution in [0.15, 0.2) is 90.1 Å². The van der Waals surface area contributed by atoms with Gasteiger partial charge in [0.25, 0.3) is 0 Å². The van der Waals surface area contributed by atoms with Crippen molar-refractivity contribution in [3.05, 3.63) is 102 Å². The fourth-order valence-electron chi connectivity index (χ4n) is 3.59. The fourth-order valence-corrected chi connectivity index (χ4v) is 3.59. The number of carbonyl (C=O) groups is 1. The van der Waals surface area contributed by atoms with Crippen molar-refractivity contribution in [3.63, 3.8) is 0 Å². The highest BCUT2D eigenvalue weighted by atomic mass is 16.5. The maximum atomic E-state index is 12.1. The van der Waals surface area contributed by atoms with E-state index in [1.165, 1.54) is 7.11 Å². The van der Waals surface area contributed by atoms with Crippen molar-refractivity contribution in [2.75, 3.05) is 7.11 Å². The number of carbonyl (C=O) groups excluding carboxylic acids is 1. The lowest BCUT2D eigenvalue weighted by Crippen LogP contribution is -2.17. The van der Waals surface area contributed by atoms with E-state index in [0.29, 0.717) is 6.42 Å². The van der Waals surface area contributed by atoms with Gasteiger partial charge in [-0.25, -0.2) is 0 Å². The summed E-state index contributed by atoms with van der Waals surface area (Å²) in [5.41, 5.74) is 4.16. The largest absolute Gasteiger partial charge is 0.469 e. The van der Waals surface area contributed by atoms with Crippen LogP contribution in [0.4, 0.5) is 0 Å². The van der Waals surface area contributed by atoms with Gasteiger partial charge in [0.05, 0.1) is 25.3 Å². The van der Waals surface area contributed by atoms with Gasteiger partial charge in [-0.15, -0.1) is 0 Å². The molecule has 1 atom stereocenters. The lowest BCUT2D eigenvalue weighted by molar-refractivity contribution is -0.141. The molecular formula is C27H30N2O2. The minimum Gasteiger partial charge on any atom is -0.469 e. The molecule has 0 aliphatic rings. The summed E-state index contributed by atoms with van der Waals surface area (Å²) in [5, 5.41) is 0. The molecule has 2 aromatic carbocycles. The Balaban J connectivity index is 1.70. The van der Waals surface area contributed by atoms with Crippen LogP contribution in [0.25, 0.3) is 0 Å². The van der Waals surface area contributed by atoms with Gasteiger partial charge in [0, 0.05) is 23.0 Å². The van der Waals surface area contributed by atoms with Crippen molar-refractivity contribution < 1.29 is 9.53 Å². The van der Waals surface area contributed by atoms with Gasteiger partial charge in [-0.05, 0) is 31.4 Å². The molecule has 160 valence electrons. The zero-order chi connectivity index (χ0) is 21.7. The first kappa shape index (κ1) is 22.4. The molecule has 4 nitrogen and oxygen atoms in total. The fraction of sp³-hybridized carbons (Fsp3) is 0.296. The number of methoxy groups -OCH3 is 1. The number of aryl methyl sites for hydroxylation is 1. The van der Waals surface area contributed by atoms with Gasteiger partial charge in [0.2, 0.25) is 0 Å². The summed E-state index contributed by atoms with van der Waals surface area (Å²) in [6.07, 6.45) is 7.12. The van der Waals surface area contributed by atoms with Gasteiger partial charge < -0.3 is 4.74 Å². The SMILES string of the molecule is COC(=O)CC(CCCCCc1ccccn1)N=C(c1ccccc1)c1ccccc1. The number of pyridine rings is 1. The first-order valence-corrected chi connectivity index (χ1v) is 10.9. The summed E-state index contributed by atoms with van der Waals surface area (Å²) in [6.45, 7) is 0. The number of hydrogen-bond donors (Lipinski definition) is 0. The normalized spacial score (nSPS) is 11.5. The Morgan fingerprint density at radius 3 is 2.10 bits per heavy atom. The number of unbranched alkanes of at least 4 members (excludes halogenated alkanes) is 2. The van der Waals surface area contributed by atoms with Crippen LogP contribution in [0.1, 0.15) is 48.9 Å². The third-order valence-electron chi connectivity index (χ3n) is 5.23. The molecule has 3 rings (SSSR count). The molecule has 1 aromatic heterocycles. The Morgan fingerprint density at radius 1 is 0.871 bits per heavy atom. The molecule has 31 heavy (non-hydrogen) atoms. The summed E-state index contributed by atoms with van der Waals surface area (Å²) < 4.78 is 4.94. The van der Waals surface area contributed by atoms with E-state index in [1.807, 2.05) is 54.7 Å².